The molecule has 9 nitrogen and oxygen atoms in total. The van der Waals surface area contributed by atoms with Gasteiger partial charge in [0.15, 0.2) is 23.7 Å². The van der Waals surface area contributed by atoms with Crippen molar-refractivity contribution in [1.29, 1.82) is 0 Å². The molecule has 202 valence electrons. The van der Waals surface area contributed by atoms with E-state index in [4.69, 9.17) is 9.47 Å². The van der Waals surface area contributed by atoms with Crippen molar-refractivity contribution < 1.29 is 34.4 Å². The number of piperidine rings is 1. The third-order valence-electron chi connectivity index (χ3n) is 8.55. The molecule has 3 aliphatic rings. The van der Waals surface area contributed by atoms with Gasteiger partial charge in [0.2, 0.25) is 0 Å². The number of esters is 1. The number of likely N-dealkylation sites (tertiary alicyclic amines) is 1. The summed E-state index contributed by atoms with van der Waals surface area (Å²) in [5.74, 6) is -0.592. The van der Waals surface area contributed by atoms with E-state index in [0.717, 1.165) is 11.1 Å². The van der Waals surface area contributed by atoms with Gasteiger partial charge in [0.1, 0.15) is 5.76 Å². The van der Waals surface area contributed by atoms with Crippen molar-refractivity contribution in [3.05, 3.63) is 71.0 Å². The van der Waals surface area contributed by atoms with E-state index in [1.807, 2.05) is 27.0 Å². The zero-order valence-corrected chi connectivity index (χ0v) is 21.8. The average Bonchev–Trinajstić information content (AvgIpc) is 3.28. The molecule has 38 heavy (non-hydrogen) atoms. The van der Waals surface area contributed by atoms with Crippen LogP contribution in [-0.4, -0.2) is 70.0 Å². The molecule has 2 aromatic carbocycles. The molecular formula is C29H34N2O7. The average molecular weight is 523 g/mol. The second kappa shape index (κ2) is 9.72. The van der Waals surface area contributed by atoms with Gasteiger partial charge in [-0.05, 0) is 57.1 Å². The summed E-state index contributed by atoms with van der Waals surface area (Å²) in [5.41, 5.74) is -0.0143. The van der Waals surface area contributed by atoms with Crippen LogP contribution in [0.4, 0.5) is 0 Å². The maximum atomic E-state index is 12.8. The van der Waals surface area contributed by atoms with E-state index in [2.05, 4.69) is 10.2 Å². The van der Waals surface area contributed by atoms with E-state index >= 15 is 0 Å². The van der Waals surface area contributed by atoms with Gasteiger partial charge < -0.3 is 35.0 Å². The Bertz CT molecular complexity index is 1280. The molecule has 5 atom stereocenters. The van der Waals surface area contributed by atoms with E-state index < -0.39 is 35.1 Å². The summed E-state index contributed by atoms with van der Waals surface area (Å²) in [7, 11) is 1.97. The number of aromatic hydroxyl groups is 1. The lowest BCUT2D eigenvalue weighted by molar-refractivity contribution is -0.161. The third-order valence-corrected chi connectivity index (χ3v) is 8.55. The zero-order chi connectivity index (χ0) is 27.2. The van der Waals surface area contributed by atoms with Crippen LogP contribution >= 0.6 is 0 Å². The summed E-state index contributed by atoms with van der Waals surface area (Å²) in [6.07, 6.45) is 0.248. The van der Waals surface area contributed by atoms with Crippen molar-refractivity contribution >= 4 is 11.9 Å². The highest BCUT2D eigenvalue weighted by Gasteiger charge is 2.69. The number of benzene rings is 2. The van der Waals surface area contributed by atoms with Crippen molar-refractivity contribution in [3.63, 3.8) is 0 Å². The minimum absolute atomic E-state index is 0.0165. The molecule has 2 aliphatic heterocycles. The van der Waals surface area contributed by atoms with Crippen molar-refractivity contribution in [2.75, 3.05) is 20.1 Å². The molecule has 1 spiro atoms. The predicted molar refractivity (Wildman–Crippen MR) is 138 cm³/mol. The molecule has 1 aliphatic carbocycles. The molecule has 1 fully saturated rings. The monoisotopic (exact) mass is 522 g/mol. The Morgan fingerprint density at radius 1 is 1.24 bits per heavy atom. The van der Waals surface area contributed by atoms with Gasteiger partial charge in [-0.25, -0.2) is 0 Å². The van der Waals surface area contributed by atoms with Crippen LogP contribution in [0.3, 0.4) is 0 Å². The number of hydrogen-bond acceptors (Lipinski definition) is 8. The van der Waals surface area contributed by atoms with E-state index in [0.29, 0.717) is 30.0 Å². The minimum atomic E-state index is -1.33. The smallest absolute Gasteiger partial charge is 0.312 e. The fourth-order valence-corrected chi connectivity index (χ4v) is 6.36. The molecule has 9 heteroatoms. The number of likely N-dealkylation sites (N-methyl/N-ethyl adjacent to an activating group) is 1. The van der Waals surface area contributed by atoms with Gasteiger partial charge in [0.25, 0.3) is 5.91 Å². The normalized spacial score (nSPS) is 28.7. The first-order valence-corrected chi connectivity index (χ1v) is 12.9. The molecule has 2 heterocycles. The van der Waals surface area contributed by atoms with Crippen LogP contribution in [0.25, 0.3) is 0 Å². The Morgan fingerprint density at radius 3 is 2.71 bits per heavy atom. The number of hydrogen-bond donors (Lipinski definition) is 4. The number of carbonyl (C=O) groups excluding carboxylic acids is 2. The Kier molecular flexibility index (Phi) is 6.71. The number of rotatable bonds is 6. The van der Waals surface area contributed by atoms with Gasteiger partial charge >= 0.3 is 5.97 Å². The molecule has 2 aromatic rings. The first-order chi connectivity index (χ1) is 18.1. The lowest BCUT2D eigenvalue weighted by Gasteiger charge is -2.58. The fraction of sp³-hybridized carbons (Fsp3) is 0.448. The standard InChI is InChI=1S/C29H34N2O7/c1-17-9-10-20(32)25-23(17)28-14-16-31(3)18(2)29(28,36)13-11-21(26(28)38-25)37-22(33)12-15-30-27(35)24(34)19-7-5-4-6-8-19/h4-11,18,24,26,32,34,36H,12-16H2,1-3H3,(H,30,35)/t18-,24?,26?,28?,29-/m1/s1. The maximum absolute atomic E-state index is 12.8. The number of aliphatic hydroxyl groups excluding tert-OH is 1. The van der Waals surface area contributed by atoms with Gasteiger partial charge in [-0.1, -0.05) is 36.4 Å². The molecule has 1 amide bonds. The summed E-state index contributed by atoms with van der Waals surface area (Å²) in [4.78, 5) is 27.2. The SMILES string of the molecule is Cc1ccc(O)c2c1C13CCN(C)[C@H](C)[C@]1(O)CC=C(OC(=O)CCNC(=O)C(O)c1ccccc1)C3O2. The first-order valence-electron chi connectivity index (χ1n) is 12.9. The zero-order valence-electron chi connectivity index (χ0n) is 21.8. The van der Waals surface area contributed by atoms with Crippen LogP contribution in [-0.2, 0) is 19.7 Å². The summed E-state index contributed by atoms with van der Waals surface area (Å²) in [6.45, 7) is 4.58. The molecule has 0 bridgehead atoms. The van der Waals surface area contributed by atoms with Crippen LogP contribution in [0.15, 0.2) is 54.3 Å². The molecule has 3 unspecified atom stereocenters. The summed E-state index contributed by atoms with van der Waals surface area (Å²) in [5, 5.41) is 35.6. The van der Waals surface area contributed by atoms with Crippen LogP contribution < -0.4 is 10.1 Å². The van der Waals surface area contributed by atoms with E-state index in [1.165, 1.54) is 0 Å². The molecule has 0 saturated carbocycles. The second-order valence-corrected chi connectivity index (χ2v) is 10.5. The van der Waals surface area contributed by atoms with E-state index in [-0.39, 0.29) is 31.2 Å². The van der Waals surface area contributed by atoms with E-state index in [1.54, 1.807) is 42.5 Å². The highest BCUT2D eigenvalue weighted by Crippen LogP contribution is 2.62. The molecular weight excluding hydrogens is 488 g/mol. The molecule has 0 radical (unpaired) electrons. The number of ether oxygens (including phenoxy) is 2. The van der Waals surface area contributed by atoms with Crippen LogP contribution in [0.5, 0.6) is 11.5 Å². The lowest BCUT2D eigenvalue weighted by atomic mass is 9.54. The highest BCUT2D eigenvalue weighted by molar-refractivity contribution is 5.82. The van der Waals surface area contributed by atoms with Crippen LogP contribution in [0.2, 0.25) is 0 Å². The largest absolute Gasteiger partial charge is 0.504 e. The van der Waals surface area contributed by atoms with Gasteiger partial charge in [-0.2, -0.15) is 0 Å². The lowest BCUT2D eigenvalue weighted by Crippen LogP contribution is -2.71. The Morgan fingerprint density at radius 2 is 1.97 bits per heavy atom. The number of nitrogens with one attached hydrogen (secondary N) is 1. The van der Waals surface area contributed by atoms with Gasteiger partial charge in [-0.15, -0.1) is 0 Å². The Labute approximate surface area is 221 Å². The molecule has 5 rings (SSSR count). The first kappa shape index (κ1) is 26.2. The van der Waals surface area contributed by atoms with Crippen LogP contribution in [0.1, 0.15) is 49.0 Å². The van der Waals surface area contributed by atoms with Crippen molar-refractivity contribution in [3.8, 4) is 11.5 Å². The number of phenols is 1. The quantitative estimate of drug-likeness (QED) is 0.425. The third kappa shape index (κ3) is 3.97. The fourth-order valence-electron chi connectivity index (χ4n) is 6.36. The maximum Gasteiger partial charge on any atom is 0.312 e. The van der Waals surface area contributed by atoms with Gasteiger partial charge in [0.05, 0.1) is 17.4 Å². The molecule has 0 aromatic heterocycles. The van der Waals surface area contributed by atoms with Crippen LogP contribution in [0, 0.1) is 6.92 Å². The number of carbonyl (C=O) groups is 2. The molecule has 4 N–H and O–H groups in total. The highest BCUT2D eigenvalue weighted by atomic mass is 16.6. The minimum Gasteiger partial charge on any atom is -0.504 e. The number of fused-ring (bicyclic) bond motifs is 1. The number of aryl methyl sites for hydroxylation is 1. The number of phenolic OH excluding ortho intramolecular Hbond substituents is 1. The van der Waals surface area contributed by atoms with Gasteiger partial charge in [-0.3, -0.25) is 9.59 Å². The topological polar surface area (TPSA) is 129 Å². The molecule has 1 saturated heterocycles. The van der Waals surface area contributed by atoms with Crippen molar-refractivity contribution in [1.82, 2.24) is 10.2 Å². The summed E-state index contributed by atoms with van der Waals surface area (Å²) < 4.78 is 12.1. The van der Waals surface area contributed by atoms with Gasteiger partial charge in [0, 0.05) is 24.6 Å². The summed E-state index contributed by atoms with van der Waals surface area (Å²) in [6, 6.07) is 11.7. The predicted octanol–water partition coefficient (Wildman–Crippen LogP) is 2.23. The Hall–Kier alpha value is -3.40. The number of aliphatic hydroxyl groups is 2. The number of nitrogens with zero attached hydrogens (tertiary/aromatic N) is 1. The van der Waals surface area contributed by atoms with E-state index in [9.17, 15) is 24.9 Å². The summed E-state index contributed by atoms with van der Waals surface area (Å²) >= 11 is 0. The Balaban J connectivity index is 1.34. The number of amides is 1. The van der Waals surface area contributed by atoms with Crippen molar-refractivity contribution in [2.45, 2.75) is 62.4 Å². The van der Waals surface area contributed by atoms with Crippen molar-refractivity contribution in [2.24, 2.45) is 0 Å². The second-order valence-electron chi connectivity index (χ2n) is 10.5.